The van der Waals surface area contributed by atoms with Crippen molar-refractivity contribution in [2.45, 2.75) is 13.0 Å². The van der Waals surface area contributed by atoms with Crippen molar-refractivity contribution in [3.8, 4) is 5.69 Å². The molecule has 3 rings (SSSR count). The van der Waals surface area contributed by atoms with Gasteiger partial charge in [0.15, 0.2) is 0 Å². The Kier molecular flexibility index (Phi) is 4.56. The van der Waals surface area contributed by atoms with Crippen LogP contribution < -0.4 is 10.9 Å². The van der Waals surface area contributed by atoms with E-state index in [1.165, 1.54) is 19.2 Å². The fourth-order valence-electron chi connectivity index (χ4n) is 2.55. The number of hydrogen-bond acceptors (Lipinski definition) is 4. The van der Waals surface area contributed by atoms with E-state index in [9.17, 15) is 18.4 Å². The van der Waals surface area contributed by atoms with Gasteiger partial charge in [-0.25, -0.2) is 18.6 Å². The van der Waals surface area contributed by atoms with Crippen molar-refractivity contribution < 1.29 is 18.7 Å². The zero-order valence-corrected chi connectivity index (χ0v) is 14.0. The highest BCUT2D eigenvalue weighted by molar-refractivity contribution is 6.35. The van der Waals surface area contributed by atoms with E-state index < -0.39 is 29.3 Å². The van der Waals surface area contributed by atoms with Gasteiger partial charge in [-0.1, -0.05) is 11.6 Å². The zero-order chi connectivity index (χ0) is 19.0. The number of nitrogens with zero attached hydrogens (tertiary/aromatic N) is 3. The molecule has 1 aromatic carbocycles. The summed E-state index contributed by atoms with van der Waals surface area (Å²) in [5.41, 5.74) is -1.09. The highest BCUT2D eigenvalue weighted by Gasteiger charge is 2.22. The second kappa shape index (κ2) is 6.68. The quantitative estimate of drug-likeness (QED) is 0.728. The van der Waals surface area contributed by atoms with E-state index >= 15 is 0 Å². The Morgan fingerprint density at radius 2 is 2.08 bits per heavy atom. The first-order valence-electron chi connectivity index (χ1n) is 7.30. The van der Waals surface area contributed by atoms with Crippen molar-refractivity contribution in [1.29, 1.82) is 0 Å². The molecule has 10 heteroatoms. The van der Waals surface area contributed by atoms with Gasteiger partial charge in [0.1, 0.15) is 23.0 Å². The topological polar surface area (TPSA) is 97.1 Å². The van der Waals surface area contributed by atoms with Crippen LogP contribution in [0.2, 0.25) is 5.02 Å². The maximum atomic E-state index is 14.2. The van der Waals surface area contributed by atoms with Gasteiger partial charge in [0.2, 0.25) is 0 Å². The molecule has 2 N–H and O–H groups in total. The number of pyridine rings is 1. The Balaban J connectivity index is 2.43. The Morgan fingerprint density at radius 1 is 1.35 bits per heavy atom. The molecule has 0 aliphatic heterocycles. The zero-order valence-electron chi connectivity index (χ0n) is 13.2. The second-order valence-electron chi connectivity index (χ2n) is 5.40. The monoisotopic (exact) mass is 380 g/mol. The number of halogens is 3. The summed E-state index contributed by atoms with van der Waals surface area (Å²) in [6.45, 7) is 1.41. The number of hydrogen-bond donors (Lipinski definition) is 2. The Morgan fingerprint density at radius 3 is 2.73 bits per heavy atom. The molecule has 0 saturated heterocycles. The number of nitrogens with one attached hydrogen (secondary N) is 1. The van der Waals surface area contributed by atoms with E-state index in [4.69, 9.17) is 16.7 Å². The molecular formula is C16H11ClF2N4O3. The third-order valence-corrected chi connectivity index (χ3v) is 3.94. The minimum absolute atomic E-state index is 0.00114. The maximum absolute atomic E-state index is 14.2. The molecule has 0 unspecified atom stereocenters. The van der Waals surface area contributed by atoms with Gasteiger partial charge in [0.05, 0.1) is 34.5 Å². The summed E-state index contributed by atoms with van der Waals surface area (Å²) in [5.74, 6) is -1.65. The van der Waals surface area contributed by atoms with Crippen LogP contribution in [0.25, 0.3) is 16.6 Å². The van der Waals surface area contributed by atoms with Crippen LogP contribution in [0.5, 0.6) is 0 Å². The molecule has 1 amide bonds. The molecule has 0 aliphatic carbocycles. The van der Waals surface area contributed by atoms with Crippen LogP contribution in [-0.4, -0.2) is 25.7 Å². The van der Waals surface area contributed by atoms with Gasteiger partial charge in [0, 0.05) is 6.07 Å². The van der Waals surface area contributed by atoms with Gasteiger partial charge in [-0.15, -0.1) is 0 Å². The summed E-state index contributed by atoms with van der Waals surface area (Å²) in [6, 6.07) is 2.26. The number of rotatable bonds is 3. The summed E-state index contributed by atoms with van der Waals surface area (Å²) in [5, 5.41) is 10.8. The lowest BCUT2D eigenvalue weighted by atomic mass is 10.2. The van der Waals surface area contributed by atoms with Gasteiger partial charge in [-0.3, -0.25) is 14.3 Å². The van der Waals surface area contributed by atoms with Crippen LogP contribution in [0.15, 0.2) is 35.4 Å². The molecule has 134 valence electrons. The van der Waals surface area contributed by atoms with Crippen molar-refractivity contribution in [2.75, 3.05) is 0 Å². The van der Waals surface area contributed by atoms with E-state index in [1.54, 1.807) is 0 Å². The lowest BCUT2D eigenvalue weighted by molar-refractivity contribution is 0.190. The standard InChI is InChI=1S/C16H11ClF2N4O3/c1-7(21-16(25)26)14-22-13-11(19)3-2-10(17)12(13)15(24)23(14)9-4-8(18)5-20-6-9/h2-7,21H,1H3,(H,25,26)/t7-/m0/s1. The van der Waals surface area contributed by atoms with Crippen LogP contribution in [0, 0.1) is 11.6 Å². The van der Waals surface area contributed by atoms with Gasteiger partial charge in [-0.2, -0.15) is 0 Å². The molecule has 26 heavy (non-hydrogen) atoms. The molecule has 0 radical (unpaired) electrons. The fourth-order valence-corrected chi connectivity index (χ4v) is 2.78. The number of carboxylic acid groups (broad SMARTS) is 1. The molecule has 2 heterocycles. The lowest BCUT2D eigenvalue weighted by Crippen LogP contribution is -2.32. The number of carbonyl (C=O) groups is 1. The van der Waals surface area contributed by atoms with Gasteiger partial charge in [-0.05, 0) is 19.1 Å². The van der Waals surface area contributed by atoms with Gasteiger partial charge >= 0.3 is 6.09 Å². The molecule has 2 aromatic heterocycles. The first-order chi connectivity index (χ1) is 12.3. The Hall–Kier alpha value is -3.07. The largest absolute Gasteiger partial charge is 0.465 e. The number of amides is 1. The Labute approximate surface area is 149 Å². The third-order valence-electron chi connectivity index (χ3n) is 3.63. The van der Waals surface area contributed by atoms with Crippen LogP contribution in [0.4, 0.5) is 13.6 Å². The normalized spacial score (nSPS) is 12.2. The van der Waals surface area contributed by atoms with E-state index in [0.717, 1.165) is 22.9 Å². The minimum atomic E-state index is -1.37. The number of benzene rings is 1. The average molecular weight is 381 g/mol. The van der Waals surface area contributed by atoms with Crippen LogP contribution >= 0.6 is 11.6 Å². The molecule has 0 spiro atoms. The number of aromatic nitrogens is 3. The van der Waals surface area contributed by atoms with E-state index in [-0.39, 0.29) is 27.4 Å². The maximum Gasteiger partial charge on any atom is 0.405 e. The molecule has 0 aliphatic rings. The summed E-state index contributed by atoms with van der Waals surface area (Å²) < 4.78 is 28.7. The highest BCUT2D eigenvalue weighted by atomic mass is 35.5. The highest BCUT2D eigenvalue weighted by Crippen LogP contribution is 2.24. The van der Waals surface area contributed by atoms with Crippen LogP contribution in [0.1, 0.15) is 18.8 Å². The van der Waals surface area contributed by atoms with Gasteiger partial charge < -0.3 is 10.4 Å². The first kappa shape index (κ1) is 17.7. The summed E-state index contributed by atoms with van der Waals surface area (Å²) in [4.78, 5) is 31.7. The van der Waals surface area contributed by atoms with E-state index in [0.29, 0.717) is 0 Å². The van der Waals surface area contributed by atoms with Crippen LogP contribution in [-0.2, 0) is 0 Å². The van der Waals surface area contributed by atoms with Crippen molar-refractivity contribution in [2.24, 2.45) is 0 Å². The predicted octanol–water partition coefficient (Wildman–Crippen LogP) is 3.04. The third kappa shape index (κ3) is 3.08. The van der Waals surface area contributed by atoms with E-state index in [2.05, 4.69) is 15.3 Å². The minimum Gasteiger partial charge on any atom is -0.465 e. The number of fused-ring (bicyclic) bond motifs is 1. The summed E-state index contributed by atoms with van der Waals surface area (Å²) >= 11 is 6.02. The summed E-state index contributed by atoms with van der Waals surface area (Å²) in [7, 11) is 0. The van der Waals surface area contributed by atoms with Crippen molar-refractivity contribution in [3.05, 3.63) is 63.4 Å². The van der Waals surface area contributed by atoms with Crippen molar-refractivity contribution >= 4 is 28.6 Å². The molecule has 3 aromatic rings. The first-order valence-corrected chi connectivity index (χ1v) is 7.68. The fraction of sp³-hybridized carbons (Fsp3) is 0.125. The van der Waals surface area contributed by atoms with Crippen molar-refractivity contribution in [1.82, 2.24) is 19.9 Å². The average Bonchev–Trinajstić information content (AvgIpc) is 2.57. The molecule has 7 nitrogen and oxygen atoms in total. The van der Waals surface area contributed by atoms with E-state index in [1.807, 2.05) is 0 Å². The van der Waals surface area contributed by atoms with Gasteiger partial charge in [0.25, 0.3) is 5.56 Å². The predicted molar refractivity (Wildman–Crippen MR) is 89.6 cm³/mol. The van der Waals surface area contributed by atoms with Crippen molar-refractivity contribution in [3.63, 3.8) is 0 Å². The molecule has 0 saturated carbocycles. The second-order valence-corrected chi connectivity index (χ2v) is 5.80. The SMILES string of the molecule is C[C@H](NC(=O)O)c1nc2c(F)ccc(Cl)c2c(=O)n1-c1cncc(F)c1. The smallest absolute Gasteiger partial charge is 0.405 e. The molecule has 0 bridgehead atoms. The molecule has 0 fully saturated rings. The molecule has 1 atom stereocenters. The lowest BCUT2D eigenvalue weighted by Gasteiger charge is -2.18. The summed E-state index contributed by atoms with van der Waals surface area (Å²) in [6.07, 6.45) is 0.763. The Bertz CT molecular complexity index is 1090. The molecular weight excluding hydrogens is 370 g/mol. The van der Waals surface area contributed by atoms with Crippen LogP contribution in [0.3, 0.4) is 0 Å².